The van der Waals surface area contributed by atoms with E-state index in [1.807, 2.05) is 0 Å². The second kappa shape index (κ2) is 6.63. The topological polar surface area (TPSA) is 152 Å². The van der Waals surface area contributed by atoms with Crippen LogP contribution in [-0.4, -0.2) is 45.6 Å². The van der Waals surface area contributed by atoms with Gasteiger partial charge in [0.2, 0.25) is 0 Å². The van der Waals surface area contributed by atoms with Crippen LogP contribution in [0.1, 0.15) is 43.2 Å². The van der Waals surface area contributed by atoms with Crippen LogP contribution in [0.4, 0.5) is 5.82 Å². The van der Waals surface area contributed by atoms with Gasteiger partial charge in [-0.1, -0.05) is 5.21 Å². The van der Waals surface area contributed by atoms with Crippen molar-refractivity contribution in [2.45, 2.75) is 38.8 Å². The van der Waals surface area contributed by atoms with Gasteiger partial charge in [-0.15, -0.1) is 5.10 Å². The van der Waals surface area contributed by atoms with E-state index in [9.17, 15) is 14.4 Å². The minimum Gasteiger partial charge on any atom is -0.466 e. The first-order valence-corrected chi connectivity index (χ1v) is 7.10. The number of nitrogen functional groups attached to an aromatic ring is 1. The van der Waals surface area contributed by atoms with Crippen molar-refractivity contribution in [3.63, 3.8) is 0 Å². The number of esters is 2. The maximum atomic E-state index is 11.3. The monoisotopic (exact) mass is 325 g/mol. The van der Waals surface area contributed by atoms with Gasteiger partial charge >= 0.3 is 11.9 Å². The number of hydrogen-bond acceptors (Lipinski definition) is 8. The van der Waals surface area contributed by atoms with Crippen molar-refractivity contribution in [2.75, 3.05) is 12.3 Å². The van der Waals surface area contributed by atoms with Gasteiger partial charge in [0.05, 0.1) is 12.6 Å². The van der Waals surface area contributed by atoms with E-state index in [1.54, 1.807) is 0 Å². The number of carbonyl (C=O) groups is 3. The molecule has 0 radical (unpaired) electrons. The van der Waals surface area contributed by atoms with Crippen molar-refractivity contribution in [2.24, 2.45) is 11.7 Å². The number of primary amides is 1. The second-order valence-electron chi connectivity index (χ2n) is 5.49. The lowest BCUT2D eigenvalue weighted by Gasteiger charge is -2.19. The molecular formula is C13H19N5O5. The highest BCUT2D eigenvalue weighted by molar-refractivity contribution is 5.94. The van der Waals surface area contributed by atoms with Gasteiger partial charge in [-0.2, -0.15) is 0 Å². The van der Waals surface area contributed by atoms with E-state index in [2.05, 4.69) is 10.3 Å². The molecule has 0 aromatic carbocycles. The number of hydrogen-bond donors (Lipinski definition) is 2. The van der Waals surface area contributed by atoms with Crippen molar-refractivity contribution in [3.05, 3.63) is 5.69 Å². The van der Waals surface area contributed by atoms with E-state index >= 15 is 0 Å². The Labute approximate surface area is 132 Å². The molecule has 1 heterocycles. The summed E-state index contributed by atoms with van der Waals surface area (Å²) >= 11 is 0. The molecule has 0 spiro atoms. The summed E-state index contributed by atoms with van der Waals surface area (Å²) < 4.78 is 11.6. The number of nitrogens with two attached hydrogens (primary N) is 2. The summed E-state index contributed by atoms with van der Waals surface area (Å²) in [6.07, 6.45) is 0.498. The third kappa shape index (κ3) is 3.76. The van der Waals surface area contributed by atoms with Crippen LogP contribution in [0.3, 0.4) is 0 Å². The molecule has 0 bridgehead atoms. The first kappa shape index (κ1) is 16.7. The lowest BCUT2D eigenvalue weighted by molar-refractivity contribution is -0.148. The molecule has 10 heteroatoms. The first-order valence-electron chi connectivity index (χ1n) is 7.10. The van der Waals surface area contributed by atoms with E-state index < -0.39 is 24.0 Å². The number of amides is 1. The summed E-state index contributed by atoms with van der Waals surface area (Å²) in [5.74, 6) is -1.61. The normalized spacial score (nSPS) is 23.5. The molecule has 2 rings (SSSR count). The van der Waals surface area contributed by atoms with Crippen LogP contribution in [0.5, 0.6) is 0 Å². The summed E-state index contributed by atoms with van der Waals surface area (Å²) in [5.41, 5.74) is 10.9. The zero-order chi connectivity index (χ0) is 17.1. The van der Waals surface area contributed by atoms with Gasteiger partial charge in [-0.25, -0.2) is 4.68 Å². The van der Waals surface area contributed by atoms with E-state index in [0.717, 1.165) is 0 Å². The Hall–Kier alpha value is -2.65. The highest BCUT2D eigenvalue weighted by Gasteiger charge is 2.40. The minimum atomic E-state index is -0.785. The van der Waals surface area contributed by atoms with E-state index in [4.69, 9.17) is 20.9 Å². The molecule has 10 nitrogen and oxygen atoms in total. The maximum absolute atomic E-state index is 11.3. The molecule has 1 aromatic rings. The Morgan fingerprint density at radius 2 is 1.96 bits per heavy atom. The highest BCUT2D eigenvalue weighted by atomic mass is 16.5. The number of nitrogens with zero attached hydrogens (tertiary/aromatic N) is 3. The van der Waals surface area contributed by atoms with Crippen LogP contribution < -0.4 is 11.5 Å². The standard InChI is InChI=1S/C13H19N5O5/c1-6(19)22-5-8-3-9(10(4-8)23-7(2)20)18-12(14)11(13(15)21)16-17-18/h8-10H,3-5,14H2,1-2H3,(H2,15,21)/t8-,9+,10-/m0/s1. The molecular weight excluding hydrogens is 306 g/mol. The predicted molar refractivity (Wildman–Crippen MR) is 76.9 cm³/mol. The van der Waals surface area contributed by atoms with Gasteiger partial charge in [0.1, 0.15) is 6.10 Å². The summed E-state index contributed by atoms with van der Waals surface area (Å²) in [7, 11) is 0. The molecule has 0 unspecified atom stereocenters. The SMILES string of the molecule is CC(=O)OC[C@@H]1C[C@H](OC(C)=O)[C@H](n2nnc(C(N)=O)c2N)C1. The molecule has 23 heavy (non-hydrogen) atoms. The Balaban J connectivity index is 2.20. The van der Waals surface area contributed by atoms with Crippen LogP contribution in [0, 0.1) is 5.92 Å². The Kier molecular flexibility index (Phi) is 4.82. The van der Waals surface area contributed by atoms with Crippen LogP contribution in [0.15, 0.2) is 0 Å². The van der Waals surface area contributed by atoms with Crippen LogP contribution in [-0.2, 0) is 19.1 Å². The smallest absolute Gasteiger partial charge is 0.302 e. The van der Waals surface area contributed by atoms with Crippen LogP contribution in [0.2, 0.25) is 0 Å². The first-order chi connectivity index (χ1) is 10.8. The lowest BCUT2D eigenvalue weighted by Crippen LogP contribution is -2.26. The van der Waals surface area contributed by atoms with Crippen molar-refractivity contribution < 1.29 is 23.9 Å². The van der Waals surface area contributed by atoms with Gasteiger partial charge in [-0.3, -0.25) is 14.4 Å². The highest BCUT2D eigenvalue weighted by Crippen LogP contribution is 2.38. The number of anilines is 1. The van der Waals surface area contributed by atoms with Gasteiger partial charge in [-0.05, 0) is 18.8 Å². The quantitative estimate of drug-likeness (QED) is 0.681. The molecule has 0 aliphatic heterocycles. The second-order valence-corrected chi connectivity index (χ2v) is 5.49. The lowest BCUT2D eigenvalue weighted by atomic mass is 10.1. The van der Waals surface area contributed by atoms with Crippen LogP contribution >= 0.6 is 0 Å². The number of aromatic nitrogens is 3. The molecule has 1 aliphatic rings. The molecule has 1 aromatic heterocycles. The van der Waals surface area contributed by atoms with Crippen LogP contribution in [0.25, 0.3) is 0 Å². The van der Waals surface area contributed by atoms with Crippen molar-refractivity contribution in [1.82, 2.24) is 15.0 Å². The molecule has 1 aliphatic carbocycles. The van der Waals surface area contributed by atoms with Gasteiger partial charge < -0.3 is 20.9 Å². The van der Waals surface area contributed by atoms with Crippen molar-refractivity contribution >= 4 is 23.7 Å². The van der Waals surface area contributed by atoms with Crippen molar-refractivity contribution in [1.29, 1.82) is 0 Å². The van der Waals surface area contributed by atoms with Gasteiger partial charge in [0, 0.05) is 13.8 Å². The Bertz CT molecular complexity index is 628. The van der Waals surface area contributed by atoms with E-state index in [-0.39, 0.29) is 30.0 Å². The molecule has 1 amide bonds. The molecule has 126 valence electrons. The molecule has 3 atom stereocenters. The Morgan fingerprint density at radius 1 is 1.26 bits per heavy atom. The Morgan fingerprint density at radius 3 is 2.48 bits per heavy atom. The van der Waals surface area contributed by atoms with E-state index in [1.165, 1.54) is 18.5 Å². The van der Waals surface area contributed by atoms with Gasteiger partial charge in [0.25, 0.3) is 5.91 Å². The van der Waals surface area contributed by atoms with Gasteiger partial charge in [0.15, 0.2) is 11.5 Å². The zero-order valence-electron chi connectivity index (χ0n) is 12.9. The molecule has 0 saturated heterocycles. The predicted octanol–water partition coefficient (Wildman–Crippen LogP) is -0.595. The fraction of sp³-hybridized carbons (Fsp3) is 0.615. The third-order valence-electron chi connectivity index (χ3n) is 3.69. The summed E-state index contributed by atoms with van der Waals surface area (Å²) in [6, 6.07) is -0.403. The largest absolute Gasteiger partial charge is 0.466 e. The fourth-order valence-corrected chi connectivity index (χ4v) is 2.76. The average Bonchev–Trinajstić information content (AvgIpc) is 2.99. The summed E-state index contributed by atoms with van der Waals surface area (Å²) in [5, 5.41) is 7.51. The van der Waals surface area contributed by atoms with Crippen molar-refractivity contribution in [3.8, 4) is 0 Å². The number of carbonyl (C=O) groups excluding carboxylic acids is 3. The number of rotatable bonds is 5. The maximum Gasteiger partial charge on any atom is 0.302 e. The average molecular weight is 325 g/mol. The van der Waals surface area contributed by atoms with E-state index in [0.29, 0.717) is 12.8 Å². The molecule has 4 N–H and O–H groups in total. The number of ether oxygens (including phenoxy) is 2. The molecule has 1 fully saturated rings. The summed E-state index contributed by atoms with van der Waals surface area (Å²) in [4.78, 5) is 33.5. The third-order valence-corrected chi connectivity index (χ3v) is 3.69. The minimum absolute atomic E-state index is 0.0196. The molecule has 1 saturated carbocycles. The fourth-order valence-electron chi connectivity index (χ4n) is 2.76. The zero-order valence-corrected chi connectivity index (χ0v) is 12.9. The summed E-state index contributed by atoms with van der Waals surface area (Å²) in [6.45, 7) is 2.83.